The molecule has 9 nitrogen and oxygen atoms in total. The molecular weight excluding hydrogens is 372 g/mol. The van der Waals surface area contributed by atoms with Crippen molar-refractivity contribution in [3.05, 3.63) is 12.2 Å². The highest BCUT2D eigenvalue weighted by molar-refractivity contribution is 5.17. The first kappa shape index (κ1) is 23.7. The largest absolute Gasteiger partial charge is 0.394 e. The second-order valence-corrected chi connectivity index (χ2v) is 8.66. The molecule has 1 saturated heterocycles. The van der Waals surface area contributed by atoms with Crippen LogP contribution in [0.15, 0.2) is 12.2 Å². The van der Waals surface area contributed by atoms with Crippen molar-refractivity contribution in [3.63, 3.8) is 0 Å². The number of aliphatic hydroxyl groups is 7. The van der Waals surface area contributed by atoms with Crippen LogP contribution >= 0.6 is 0 Å². The van der Waals surface area contributed by atoms with Crippen molar-refractivity contribution in [1.82, 2.24) is 0 Å². The lowest BCUT2D eigenvalue weighted by Gasteiger charge is -2.54. The van der Waals surface area contributed by atoms with Crippen LogP contribution in [-0.4, -0.2) is 97.0 Å². The van der Waals surface area contributed by atoms with Crippen LogP contribution in [0.1, 0.15) is 34.1 Å². The average molecular weight is 406 g/mol. The molecule has 0 aromatic rings. The first-order valence-corrected chi connectivity index (χ1v) is 9.59. The summed E-state index contributed by atoms with van der Waals surface area (Å²) < 4.78 is 11.1. The van der Waals surface area contributed by atoms with E-state index in [0.717, 1.165) is 0 Å². The molecule has 0 aromatic heterocycles. The Hall–Kier alpha value is -0.620. The highest BCUT2D eigenvalue weighted by atomic mass is 16.7. The van der Waals surface area contributed by atoms with E-state index >= 15 is 0 Å². The molecule has 0 bridgehead atoms. The summed E-state index contributed by atoms with van der Waals surface area (Å²) in [6, 6.07) is 0. The highest BCUT2D eigenvalue weighted by Crippen LogP contribution is 2.49. The normalized spacial score (nSPS) is 48.0. The zero-order valence-corrected chi connectivity index (χ0v) is 16.7. The smallest absolute Gasteiger partial charge is 0.187 e. The summed E-state index contributed by atoms with van der Waals surface area (Å²) in [5.74, 6) is -0.680. The maximum Gasteiger partial charge on any atom is 0.187 e. The summed E-state index contributed by atoms with van der Waals surface area (Å²) in [6.07, 6.45) is -6.71. The van der Waals surface area contributed by atoms with E-state index in [1.54, 1.807) is 27.7 Å². The summed E-state index contributed by atoms with van der Waals surface area (Å²) in [7, 11) is 0. The molecule has 0 aromatic carbocycles. The standard InChI is InChI=1S/C19H34O9/c1-9(21)5-6-19(26)10(2)13(22)11(7-18(19,3)4)27-17-16(25)15(24)14(23)12(8-20)28-17/h5-6,9-17,20-26H,7-8H2,1-4H3/b6-5+/t9-,10+,11-,12-,13+,14-,15+,16-,17-,19+/m1/s1. The molecule has 1 aliphatic carbocycles. The van der Waals surface area contributed by atoms with Gasteiger partial charge in [0.15, 0.2) is 6.29 Å². The van der Waals surface area contributed by atoms with Gasteiger partial charge in [-0.15, -0.1) is 0 Å². The molecular formula is C19H34O9. The average Bonchev–Trinajstić information content (AvgIpc) is 2.63. The second kappa shape index (κ2) is 8.63. The molecule has 28 heavy (non-hydrogen) atoms. The van der Waals surface area contributed by atoms with Gasteiger partial charge in [-0.05, 0) is 13.3 Å². The van der Waals surface area contributed by atoms with Crippen molar-refractivity contribution in [2.75, 3.05) is 6.61 Å². The molecule has 9 heteroatoms. The highest BCUT2D eigenvalue weighted by Gasteiger charge is 2.56. The first-order chi connectivity index (χ1) is 12.9. The van der Waals surface area contributed by atoms with Crippen molar-refractivity contribution in [2.45, 2.75) is 88.7 Å². The van der Waals surface area contributed by atoms with E-state index in [0.29, 0.717) is 0 Å². The molecule has 2 rings (SSSR count). The maximum absolute atomic E-state index is 11.2. The van der Waals surface area contributed by atoms with Gasteiger partial charge < -0.3 is 45.2 Å². The quantitative estimate of drug-likeness (QED) is 0.263. The van der Waals surface area contributed by atoms with Crippen LogP contribution in [0.5, 0.6) is 0 Å². The van der Waals surface area contributed by atoms with Gasteiger partial charge in [-0.2, -0.15) is 0 Å². The Kier molecular flexibility index (Phi) is 7.29. The van der Waals surface area contributed by atoms with E-state index in [1.165, 1.54) is 12.2 Å². The van der Waals surface area contributed by atoms with Gasteiger partial charge in [-0.3, -0.25) is 0 Å². The lowest BCUT2D eigenvalue weighted by Crippen LogP contribution is -2.64. The van der Waals surface area contributed by atoms with Gasteiger partial charge in [0.25, 0.3) is 0 Å². The van der Waals surface area contributed by atoms with Gasteiger partial charge in [-0.25, -0.2) is 0 Å². The third-order valence-corrected chi connectivity index (χ3v) is 6.17. The second-order valence-electron chi connectivity index (χ2n) is 8.66. The molecule has 1 aliphatic heterocycles. The zero-order valence-electron chi connectivity index (χ0n) is 16.7. The van der Waals surface area contributed by atoms with E-state index in [4.69, 9.17) is 9.47 Å². The minimum absolute atomic E-state index is 0.189. The molecule has 0 radical (unpaired) electrons. The van der Waals surface area contributed by atoms with Crippen LogP contribution in [0.25, 0.3) is 0 Å². The fourth-order valence-electron chi connectivity index (χ4n) is 4.13. The Morgan fingerprint density at radius 3 is 2.25 bits per heavy atom. The van der Waals surface area contributed by atoms with Gasteiger partial charge in [0.2, 0.25) is 0 Å². The minimum Gasteiger partial charge on any atom is -0.394 e. The van der Waals surface area contributed by atoms with E-state index in [2.05, 4.69) is 0 Å². The van der Waals surface area contributed by atoms with Gasteiger partial charge >= 0.3 is 0 Å². The third kappa shape index (κ3) is 4.28. The van der Waals surface area contributed by atoms with Crippen LogP contribution in [0.3, 0.4) is 0 Å². The van der Waals surface area contributed by atoms with Crippen LogP contribution in [-0.2, 0) is 9.47 Å². The van der Waals surface area contributed by atoms with Gasteiger partial charge in [0, 0.05) is 11.3 Å². The van der Waals surface area contributed by atoms with Crippen LogP contribution in [0.2, 0.25) is 0 Å². The van der Waals surface area contributed by atoms with Gasteiger partial charge in [0.1, 0.15) is 24.4 Å². The molecule has 0 unspecified atom stereocenters. The van der Waals surface area contributed by atoms with E-state index in [-0.39, 0.29) is 6.42 Å². The summed E-state index contributed by atoms with van der Waals surface area (Å²) in [6.45, 7) is 6.23. The van der Waals surface area contributed by atoms with Gasteiger partial charge in [-0.1, -0.05) is 32.9 Å². The lowest BCUT2D eigenvalue weighted by molar-refractivity contribution is -0.329. The van der Waals surface area contributed by atoms with E-state index < -0.39 is 72.6 Å². The topological polar surface area (TPSA) is 160 Å². The summed E-state index contributed by atoms with van der Waals surface area (Å²) in [4.78, 5) is 0. The fourth-order valence-corrected chi connectivity index (χ4v) is 4.13. The predicted molar refractivity (Wildman–Crippen MR) is 98.0 cm³/mol. The summed E-state index contributed by atoms with van der Waals surface area (Å²) >= 11 is 0. The molecule has 2 aliphatic rings. The molecule has 0 amide bonds. The molecule has 1 heterocycles. The number of rotatable bonds is 5. The summed E-state index contributed by atoms with van der Waals surface area (Å²) in [5, 5.41) is 70.7. The molecule has 10 atom stereocenters. The lowest BCUT2D eigenvalue weighted by atomic mass is 9.58. The Balaban J connectivity index is 2.20. The molecule has 7 N–H and O–H groups in total. The predicted octanol–water partition coefficient (Wildman–Crippen LogP) is -1.73. The number of ether oxygens (including phenoxy) is 2. The fraction of sp³-hybridized carbons (Fsp3) is 0.895. The first-order valence-electron chi connectivity index (χ1n) is 9.59. The Morgan fingerprint density at radius 1 is 1.11 bits per heavy atom. The minimum atomic E-state index is -1.58. The molecule has 2 fully saturated rings. The Bertz CT molecular complexity index is 550. The monoisotopic (exact) mass is 406 g/mol. The summed E-state index contributed by atoms with van der Waals surface area (Å²) in [5.41, 5.74) is -2.19. The molecule has 164 valence electrons. The Labute approximate surface area is 164 Å². The van der Waals surface area contributed by atoms with Crippen molar-refractivity contribution < 1.29 is 45.2 Å². The molecule has 0 spiro atoms. The number of aliphatic hydroxyl groups excluding tert-OH is 6. The van der Waals surface area contributed by atoms with Gasteiger partial charge in [0.05, 0.1) is 30.5 Å². The van der Waals surface area contributed by atoms with Crippen LogP contribution in [0.4, 0.5) is 0 Å². The maximum atomic E-state index is 11.2. The van der Waals surface area contributed by atoms with Crippen molar-refractivity contribution in [1.29, 1.82) is 0 Å². The number of hydrogen-bond acceptors (Lipinski definition) is 9. The third-order valence-electron chi connectivity index (χ3n) is 6.17. The SMILES string of the molecule is C[C@@H](O)/C=C/[C@]1(O)[C@@H](C)[C@H](O)[C@H](O[C@@H]2O[C@H](CO)[C@@H](O)[C@H](O)[C@H]2O)CC1(C)C. The zero-order chi connectivity index (χ0) is 21.4. The van der Waals surface area contributed by atoms with Crippen molar-refractivity contribution in [3.8, 4) is 0 Å². The van der Waals surface area contributed by atoms with E-state index in [1.807, 2.05) is 0 Å². The van der Waals surface area contributed by atoms with Crippen molar-refractivity contribution in [2.24, 2.45) is 11.3 Å². The van der Waals surface area contributed by atoms with E-state index in [9.17, 15) is 35.7 Å². The number of hydrogen-bond donors (Lipinski definition) is 7. The Morgan fingerprint density at radius 2 is 1.71 bits per heavy atom. The molecule has 1 saturated carbocycles. The van der Waals surface area contributed by atoms with Crippen molar-refractivity contribution >= 4 is 0 Å². The van der Waals surface area contributed by atoms with Crippen LogP contribution < -0.4 is 0 Å². The van der Waals surface area contributed by atoms with Crippen LogP contribution in [0, 0.1) is 11.3 Å².